The molecule has 1 heterocycles. The second-order valence-corrected chi connectivity index (χ2v) is 4.65. The largest absolute Gasteiger partial charge is 0.127 e. The van der Waals surface area contributed by atoms with E-state index >= 15 is 0 Å². The molecule has 62 valence electrons. The normalized spacial score (nSPS) is 22.0. The summed E-state index contributed by atoms with van der Waals surface area (Å²) in [6.07, 6.45) is 2.41. The molecule has 1 aliphatic heterocycles. The van der Waals surface area contributed by atoms with Crippen LogP contribution >= 0.6 is 11.8 Å². The highest BCUT2D eigenvalue weighted by Crippen LogP contribution is 2.40. The van der Waals surface area contributed by atoms with Crippen LogP contribution in [0.25, 0.3) is 0 Å². The topological polar surface area (TPSA) is 0 Å². The molecule has 1 aromatic carbocycles. The second-order valence-electron chi connectivity index (χ2n) is 3.17. The van der Waals surface area contributed by atoms with Gasteiger partial charge >= 0.3 is 0 Å². The van der Waals surface area contributed by atoms with Gasteiger partial charge in [0.25, 0.3) is 0 Å². The van der Waals surface area contributed by atoms with E-state index in [0.29, 0.717) is 0 Å². The summed E-state index contributed by atoms with van der Waals surface area (Å²) in [5.41, 5.74) is 1.45. The standard InChI is InChI=1S/C11H12S/c1-9-7-11(12-9)8-10-5-3-2-4-6-10/h2-6,11H,1,7-8H2. The lowest BCUT2D eigenvalue weighted by Crippen LogP contribution is -2.15. The molecule has 1 fully saturated rings. The first-order chi connectivity index (χ1) is 5.84. The van der Waals surface area contributed by atoms with Crippen LogP contribution in [-0.2, 0) is 6.42 Å². The molecule has 0 aromatic heterocycles. The van der Waals surface area contributed by atoms with E-state index in [1.807, 2.05) is 11.8 Å². The molecule has 0 radical (unpaired) electrons. The number of hydrogen-bond acceptors (Lipinski definition) is 1. The molecule has 2 rings (SSSR count). The van der Waals surface area contributed by atoms with Gasteiger partial charge in [0.2, 0.25) is 0 Å². The van der Waals surface area contributed by atoms with Crippen LogP contribution in [0, 0.1) is 0 Å². The summed E-state index contributed by atoms with van der Waals surface area (Å²) in [6, 6.07) is 10.7. The van der Waals surface area contributed by atoms with E-state index in [4.69, 9.17) is 0 Å². The zero-order chi connectivity index (χ0) is 8.39. The maximum absolute atomic E-state index is 3.92. The SMILES string of the molecule is C=C1CC(Cc2ccccc2)S1. The van der Waals surface area contributed by atoms with Crippen LogP contribution in [0.4, 0.5) is 0 Å². The molecule has 1 aromatic rings. The Hall–Kier alpha value is -0.690. The van der Waals surface area contributed by atoms with Gasteiger partial charge in [-0.05, 0) is 23.3 Å². The lowest BCUT2D eigenvalue weighted by atomic mass is 10.1. The van der Waals surface area contributed by atoms with Crippen LogP contribution in [0.2, 0.25) is 0 Å². The monoisotopic (exact) mass is 176 g/mol. The number of rotatable bonds is 2. The highest BCUT2D eigenvalue weighted by Gasteiger charge is 2.21. The molecular weight excluding hydrogens is 164 g/mol. The highest BCUT2D eigenvalue weighted by atomic mass is 32.2. The summed E-state index contributed by atoms with van der Waals surface area (Å²) in [7, 11) is 0. The third-order valence-corrected chi connectivity index (χ3v) is 3.26. The first kappa shape index (κ1) is 7.93. The van der Waals surface area contributed by atoms with Gasteiger partial charge in [-0.2, -0.15) is 0 Å². The molecule has 0 nitrogen and oxygen atoms in total. The van der Waals surface area contributed by atoms with E-state index < -0.39 is 0 Å². The summed E-state index contributed by atoms with van der Waals surface area (Å²) in [5, 5.41) is 0.792. The van der Waals surface area contributed by atoms with Crippen LogP contribution in [0.15, 0.2) is 41.8 Å². The smallest absolute Gasteiger partial charge is 0.0176 e. The Balaban J connectivity index is 1.92. The van der Waals surface area contributed by atoms with Crippen LogP contribution in [-0.4, -0.2) is 5.25 Å². The van der Waals surface area contributed by atoms with Gasteiger partial charge in [-0.1, -0.05) is 36.9 Å². The van der Waals surface area contributed by atoms with E-state index in [9.17, 15) is 0 Å². The fraction of sp³-hybridized carbons (Fsp3) is 0.273. The van der Waals surface area contributed by atoms with Gasteiger partial charge in [-0.15, -0.1) is 11.8 Å². The predicted octanol–water partition coefficient (Wildman–Crippen LogP) is 3.25. The zero-order valence-electron chi connectivity index (χ0n) is 6.99. The quantitative estimate of drug-likeness (QED) is 0.666. The number of benzene rings is 1. The van der Waals surface area contributed by atoms with Crippen molar-refractivity contribution in [2.75, 3.05) is 0 Å². The van der Waals surface area contributed by atoms with Gasteiger partial charge in [0, 0.05) is 5.25 Å². The Kier molecular flexibility index (Phi) is 2.22. The molecule has 1 atom stereocenters. The molecule has 0 N–H and O–H groups in total. The molecule has 1 saturated heterocycles. The van der Waals surface area contributed by atoms with Crippen LogP contribution in [0.3, 0.4) is 0 Å². The molecule has 0 spiro atoms. The van der Waals surface area contributed by atoms with Crippen molar-refractivity contribution >= 4 is 11.8 Å². The van der Waals surface area contributed by atoms with Gasteiger partial charge in [-0.3, -0.25) is 0 Å². The molecular formula is C11H12S. The first-order valence-corrected chi connectivity index (χ1v) is 5.11. The lowest BCUT2D eigenvalue weighted by molar-refractivity contribution is 0.826. The fourth-order valence-corrected chi connectivity index (χ4v) is 2.50. The predicted molar refractivity (Wildman–Crippen MR) is 55.3 cm³/mol. The van der Waals surface area contributed by atoms with Crippen molar-refractivity contribution in [3.63, 3.8) is 0 Å². The highest BCUT2D eigenvalue weighted by molar-refractivity contribution is 8.05. The van der Waals surface area contributed by atoms with Gasteiger partial charge in [0.05, 0.1) is 0 Å². The van der Waals surface area contributed by atoms with Crippen LogP contribution in [0.1, 0.15) is 12.0 Å². The maximum atomic E-state index is 3.92. The summed E-state index contributed by atoms with van der Waals surface area (Å²) in [4.78, 5) is 1.34. The molecule has 0 saturated carbocycles. The zero-order valence-corrected chi connectivity index (χ0v) is 7.81. The number of hydrogen-bond donors (Lipinski definition) is 0. The van der Waals surface area contributed by atoms with Gasteiger partial charge in [0.15, 0.2) is 0 Å². The maximum Gasteiger partial charge on any atom is 0.0176 e. The third kappa shape index (κ3) is 1.72. The molecule has 0 amide bonds. The minimum Gasteiger partial charge on any atom is -0.127 e. The first-order valence-electron chi connectivity index (χ1n) is 4.23. The van der Waals surface area contributed by atoms with Crippen LogP contribution < -0.4 is 0 Å². The van der Waals surface area contributed by atoms with Gasteiger partial charge in [0.1, 0.15) is 0 Å². The Labute approximate surface area is 77.7 Å². The Morgan fingerprint density at radius 1 is 1.33 bits per heavy atom. The molecule has 0 aliphatic carbocycles. The Morgan fingerprint density at radius 2 is 2.00 bits per heavy atom. The van der Waals surface area contributed by atoms with E-state index in [1.165, 1.54) is 23.3 Å². The molecule has 1 unspecified atom stereocenters. The Morgan fingerprint density at radius 3 is 2.58 bits per heavy atom. The number of thioether (sulfide) groups is 1. The lowest BCUT2D eigenvalue weighted by Gasteiger charge is -2.27. The minimum absolute atomic E-state index is 0.792. The second kappa shape index (κ2) is 3.36. The average Bonchev–Trinajstić information content (AvgIpc) is 2.04. The summed E-state index contributed by atoms with van der Waals surface area (Å²) in [5.74, 6) is 0. The average molecular weight is 176 g/mol. The van der Waals surface area contributed by atoms with E-state index in [1.54, 1.807) is 0 Å². The van der Waals surface area contributed by atoms with E-state index in [-0.39, 0.29) is 0 Å². The van der Waals surface area contributed by atoms with Gasteiger partial charge in [-0.25, -0.2) is 0 Å². The summed E-state index contributed by atoms with van der Waals surface area (Å²) in [6.45, 7) is 3.92. The van der Waals surface area contributed by atoms with Crippen molar-refractivity contribution in [1.29, 1.82) is 0 Å². The Bertz CT molecular complexity index is 268. The van der Waals surface area contributed by atoms with Crippen molar-refractivity contribution in [2.24, 2.45) is 0 Å². The fourth-order valence-electron chi connectivity index (χ4n) is 1.47. The van der Waals surface area contributed by atoms with E-state index in [2.05, 4.69) is 36.9 Å². The van der Waals surface area contributed by atoms with Crippen molar-refractivity contribution in [3.05, 3.63) is 47.4 Å². The van der Waals surface area contributed by atoms with Crippen molar-refractivity contribution in [2.45, 2.75) is 18.1 Å². The minimum atomic E-state index is 0.792. The van der Waals surface area contributed by atoms with E-state index in [0.717, 1.165) is 5.25 Å². The van der Waals surface area contributed by atoms with Crippen molar-refractivity contribution < 1.29 is 0 Å². The molecule has 12 heavy (non-hydrogen) atoms. The van der Waals surface area contributed by atoms with Gasteiger partial charge < -0.3 is 0 Å². The van der Waals surface area contributed by atoms with Crippen molar-refractivity contribution in [1.82, 2.24) is 0 Å². The molecule has 0 bridgehead atoms. The summed E-state index contributed by atoms with van der Waals surface area (Å²) >= 11 is 1.93. The molecule has 1 aliphatic rings. The van der Waals surface area contributed by atoms with Crippen molar-refractivity contribution in [3.8, 4) is 0 Å². The third-order valence-electron chi connectivity index (χ3n) is 2.09. The molecule has 1 heteroatoms. The summed E-state index contributed by atoms with van der Waals surface area (Å²) < 4.78 is 0. The van der Waals surface area contributed by atoms with Crippen LogP contribution in [0.5, 0.6) is 0 Å². The number of allylic oxidation sites excluding steroid dienone is 1.